The van der Waals surface area contributed by atoms with Crippen LogP contribution in [0.3, 0.4) is 0 Å². The van der Waals surface area contributed by atoms with Crippen molar-refractivity contribution in [2.45, 2.75) is 19.8 Å². The monoisotopic (exact) mass is 263 g/mol. The van der Waals surface area contributed by atoms with E-state index in [1.807, 2.05) is 12.1 Å². The molecule has 4 nitrogen and oxygen atoms in total. The minimum atomic E-state index is -0.374. The number of nitrogens with two attached hydrogens (primary N) is 1. The first-order valence-electron chi connectivity index (χ1n) is 6.50. The van der Waals surface area contributed by atoms with Crippen molar-refractivity contribution >= 4 is 17.7 Å². The number of benzene rings is 1. The molecule has 0 spiro atoms. The normalized spacial score (nSPS) is 10.8. The van der Waals surface area contributed by atoms with Gasteiger partial charge in [0.05, 0.1) is 6.61 Å². The van der Waals surface area contributed by atoms with Crippen LogP contribution >= 0.6 is 0 Å². The summed E-state index contributed by atoms with van der Waals surface area (Å²) in [5.74, 6) is -0.374. The van der Waals surface area contributed by atoms with Gasteiger partial charge in [0.2, 0.25) is 0 Å². The summed E-state index contributed by atoms with van der Waals surface area (Å²) in [4.78, 5) is 11.4. The second-order valence-electron chi connectivity index (χ2n) is 4.14. The lowest BCUT2D eigenvalue weighted by atomic mass is 10.2. The first-order valence-corrected chi connectivity index (χ1v) is 6.50. The van der Waals surface area contributed by atoms with Crippen LogP contribution in [0.25, 0.3) is 6.08 Å². The molecule has 0 radical (unpaired) electrons. The maximum Gasteiger partial charge on any atom is 0.330 e. The smallest absolute Gasteiger partial charge is 0.330 e. The molecule has 1 aromatic carbocycles. The van der Waals surface area contributed by atoms with Gasteiger partial charge in [0.15, 0.2) is 0 Å². The summed E-state index contributed by atoms with van der Waals surface area (Å²) in [7, 11) is 0. The van der Waals surface area contributed by atoms with E-state index in [0.717, 1.165) is 18.4 Å². The van der Waals surface area contributed by atoms with Crippen LogP contribution in [0.1, 0.15) is 25.3 Å². The number of carbonyl (C=O) groups excluding carboxylic acids is 1. The molecule has 0 amide bonds. The Morgan fingerprint density at radius 2 is 2.16 bits per heavy atom. The van der Waals surface area contributed by atoms with Gasteiger partial charge in [-0.1, -0.05) is 25.5 Å². The van der Waals surface area contributed by atoms with Crippen LogP contribution in [0.2, 0.25) is 0 Å². The van der Waals surface area contributed by atoms with E-state index >= 15 is 0 Å². The zero-order valence-electron chi connectivity index (χ0n) is 11.3. The van der Waals surface area contributed by atoms with Crippen molar-refractivity contribution in [1.82, 2.24) is 0 Å². The Bertz CT molecular complexity index is 416. The Balaban J connectivity index is 2.20. The Labute approximate surface area is 114 Å². The first-order chi connectivity index (χ1) is 9.22. The van der Waals surface area contributed by atoms with E-state index in [-0.39, 0.29) is 12.6 Å². The second kappa shape index (κ2) is 9.16. The third kappa shape index (κ3) is 7.26. The minimum Gasteiger partial charge on any atom is -0.460 e. The van der Waals surface area contributed by atoms with Crippen LogP contribution in [-0.2, 0) is 14.3 Å². The van der Waals surface area contributed by atoms with Gasteiger partial charge in [0, 0.05) is 18.4 Å². The van der Waals surface area contributed by atoms with E-state index in [2.05, 4.69) is 6.92 Å². The Morgan fingerprint density at radius 1 is 1.32 bits per heavy atom. The molecule has 19 heavy (non-hydrogen) atoms. The minimum absolute atomic E-state index is 0.282. The molecule has 0 atom stereocenters. The van der Waals surface area contributed by atoms with E-state index in [1.165, 1.54) is 6.08 Å². The number of hydrogen-bond acceptors (Lipinski definition) is 4. The molecule has 0 unspecified atom stereocenters. The Morgan fingerprint density at radius 3 is 2.89 bits per heavy atom. The van der Waals surface area contributed by atoms with Crippen LogP contribution in [0.4, 0.5) is 5.69 Å². The van der Waals surface area contributed by atoms with Gasteiger partial charge in [0.1, 0.15) is 6.61 Å². The number of hydrogen-bond donors (Lipinski definition) is 1. The Kier molecular flexibility index (Phi) is 7.35. The zero-order valence-corrected chi connectivity index (χ0v) is 11.3. The highest BCUT2D eigenvalue weighted by atomic mass is 16.6. The highest BCUT2D eigenvalue weighted by Gasteiger charge is 1.97. The molecule has 0 saturated carbocycles. The number of anilines is 1. The molecule has 0 aliphatic carbocycles. The molecule has 1 rings (SSSR count). The fourth-order valence-electron chi connectivity index (χ4n) is 1.42. The van der Waals surface area contributed by atoms with Gasteiger partial charge in [-0.25, -0.2) is 4.79 Å². The third-order valence-corrected chi connectivity index (χ3v) is 2.44. The molecule has 104 valence electrons. The summed E-state index contributed by atoms with van der Waals surface area (Å²) in [6.07, 6.45) is 5.20. The number of rotatable bonds is 8. The average molecular weight is 263 g/mol. The molecule has 0 aliphatic heterocycles. The highest BCUT2D eigenvalue weighted by molar-refractivity contribution is 5.87. The predicted molar refractivity (Wildman–Crippen MR) is 76.6 cm³/mol. The second-order valence-corrected chi connectivity index (χ2v) is 4.14. The van der Waals surface area contributed by atoms with Crippen LogP contribution in [0.5, 0.6) is 0 Å². The van der Waals surface area contributed by atoms with Gasteiger partial charge < -0.3 is 15.2 Å². The van der Waals surface area contributed by atoms with E-state index in [9.17, 15) is 4.79 Å². The van der Waals surface area contributed by atoms with Crippen LogP contribution in [0.15, 0.2) is 30.3 Å². The molecule has 0 fully saturated rings. The molecule has 0 heterocycles. The lowest BCUT2D eigenvalue weighted by molar-refractivity contribution is -0.139. The molecule has 0 bridgehead atoms. The number of esters is 1. The number of nitrogen functional groups attached to an aromatic ring is 1. The maximum atomic E-state index is 11.4. The predicted octanol–water partition coefficient (Wildman–Crippen LogP) is 2.64. The summed E-state index contributed by atoms with van der Waals surface area (Å²) in [5, 5.41) is 0. The molecule has 0 saturated heterocycles. The molecule has 0 aliphatic rings. The molecular weight excluding hydrogens is 242 g/mol. The summed E-state index contributed by atoms with van der Waals surface area (Å²) in [6, 6.07) is 7.29. The molecule has 4 heteroatoms. The summed E-state index contributed by atoms with van der Waals surface area (Å²) < 4.78 is 10.3. The van der Waals surface area contributed by atoms with E-state index in [4.69, 9.17) is 15.2 Å². The SMILES string of the molecule is CCCCOCCOC(=O)/C=C/c1cccc(N)c1. The fraction of sp³-hybridized carbons (Fsp3) is 0.400. The van der Waals surface area contributed by atoms with Gasteiger partial charge in [-0.2, -0.15) is 0 Å². The van der Waals surface area contributed by atoms with Crippen molar-refractivity contribution in [3.05, 3.63) is 35.9 Å². The number of carbonyl (C=O) groups is 1. The van der Waals surface area contributed by atoms with E-state index in [1.54, 1.807) is 18.2 Å². The fourth-order valence-corrected chi connectivity index (χ4v) is 1.42. The molecule has 1 aromatic rings. The summed E-state index contributed by atoms with van der Waals surface area (Å²) >= 11 is 0. The molecule has 2 N–H and O–H groups in total. The maximum absolute atomic E-state index is 11.4. The lowest BCUT2D eigenvalue weighted by Crippen LogP contribution is -2.09. The first kappa shape index (κ1) is 15.2. The lowest BCUT2D eigenvalue weighted by Gasteiger charge is -2.03. The topological polar surface area (TPSA) is 61.5 Å². The molecular formula is C15H21NO3. The summed E-state index contributed by atoms with van der Waals surface area (Å²) in [5.41, 5.74) is 7.17. The van der Waals surface area contributed by atoms with Gasteiger partial charge in [-0.3, -0.25) is 0 Å². The van der Waals surface area contributed by atoms with Crippen molar-refractivity contribution in [3.63, 3.8) is 0 Å². The average Bonchev–Trinajstić information content (AvgIpc) is 2.40. The van der Waals surface area contributed by atoms with Gasteiger partial charge >= 0.3 is 5.97 Å². The largest absolute Gasteiger partial charge is 0.460 e. The van der Waals surface area contributed by atoms with Crippen molar-refractivity contribution < 1.29 is 14.3 Å². The van der Waals surface area contributed by atoms with Gasteiger partial charge in [0.25, 0.3) is 0 Å². The van der Waals surface area contributed by atoms with Crippen LogP contribution in [0, 0.1) is 0 Å². The van der Waals surface area contributed by atoms with Crippen molar-refractivity contribution in [1.29, 1.82) is 0 Å². The van der Waals surface area contributed by atoms with Gasteiger partial charge in [-0.15, -0.1) is 0 Å². The van der Waals surface area contributed by atoms with Crippen molar-refractivity contribution in [2.75, 3.05) is 25.6 Å². The molecule has 0 aromatic heterocycles. The van der Waals surface area contributed by atoms with Crippen molar-refractivity contribution in [3.8, 4) is 0 Å². The van der Waals surface area contributed by atoms with Crippen molar-refractivity contribution in [2.24, 2.45) is 0 Å². The standard InChI is InChI=1S/C15H21NO3/c1-2-3-9-18-10-11-19-15(17)8-7-13-5-4-6-14(16)12-13/h4-8,12H,2-3,9-11,16H2,1H3/b8-7+. The number of unbranched alkanes of at least 4 members (excludes halogenated alkanes) is 1. The Hall–Kier alpha value is -1.81. The van der Waals surface area contributed by atoms with Gasteiger partial charge in [-0.05, 0) is 30.2 Å². The highest BCUT2D eigenvalue weighted by Crippen LogP contribution is 2.08. The van der Waals surface area contributed by atoms with Crippen LogP contribution in [-0.4, -0.2) is 25.8 Å². The van der Waals surface area contributed by atoms with E-state index < -0.39 is 0 Å². The number of ether oxygens (including phenoxy) is 2. The third-order valence-electron chi connectivity index (χ3n) is 2.44. The van der Waals surface area contributed by atoms with E-state index in [0.29, 0.717) is 18.9 Å². The van der Waals surface area contributed by atoms with Crippen LogP contribution < -0.4 is 5.73 Å². The zero-order chi connectivity index (χ0) is 13.9. The quantitative estimate of drug-likeness (QED) is 0.339. The summed E-state index contributed by atoms with van der Waals surface area (Å²) in [6.45, 7) is 3.54.